The molecule has 25 heteroatoms. The highest BCUT2D eigenvalue weighted by molar-refractivity contribution is 5.70. The summed E-state index contributed by atoms with van der Waals surface area (Å²) in [4.78, 5) is 40.2. The Hall–Kier alpha value is -10.7. The number of halogens is 4. The number of carboxylic acids is 2. The lowest BCUT2D eigenvalue weighted by molar-refractivity contribution is -0.140. The van der Waals surface area contributed by atoms with Crippen LogP contribution in [0.25, 0.3) is 5.57 Å². The molecule has 13 rings (SSSR count). The zero-order valence-corrected chi connectivity index (χ0v) is 75.5. The van der Waals surface area contributed by atoms with E-state index < -0.39 is 60.6 Å². The van der Waals surface area contributed by atoms with E-state index in [1.807, 2.05) is 112 Å². The molecule has 4 heterocycles. The Morgan fingerprint density at radius 2 is 0.810 bits per heavy atom. The van der Waals surface area contributed by atoms with Gasteiger partial charge in [-0.15, -0.1) is 0 Å². The van der Waals surface area contributed by atoms with E-state index in [0.29, 0.717) is 98.9 Å². The second-order valence-corrected chi connectivity index (χ2v) is 33.6. The van der Waals surface area contributed by atoms with Crippen LogP contribution in [0.4, 0.5) is 17.6 Å². The Morgan fingerprint density at radius 1 is 0.405 bits per heavy atom. The number of benzene rings is 5. The lowest BCUT2D eigenvalue weighted by atomic mass is 9.85. The van der Waals surface area contributed by atoms with Gasteiger partial charge in [0.2, 0.25) is 0 Å². The van der Waals surface area contributed by atoms with Gasteiger partial charge in [0.05, 0.1) is 28.5 Å². The molecule has 0 saturated heterocycles. The number of hydrogen-bond acceptors (Lipinski definition) is 19. The molecule has 0 bridgehead atoms. The van der Waals surface area contributed by atoms with Crippen LogP contribution >= 0.6 is 0 Å². The van der Waals surface area contributed by atoms with Crippen LogP contribution in [0, 0.1) is 106 Å². The smallest absolute Gasteiger partial charge is 0.341 e. The van der Waals surface area contributed by atoms with Crippen molar-refractivity contribution in [3.8, 4) is 46.0 Å². The average molecular weight is 1740 g/mol. The lowest BCUT2D eigenvalue weighted by Crippen LogP contribution is -2.16. The summed E-state index contributed by atoms with van der Waals surface area (Å²) in [6, 6.07) is 22.3. The minimum Gasteiger partial charge on any atom is -0.508 e. The minimum absolute atomic E-state index is 0.00775. The molecule has 0 amide bonds. The first-order valence-electron chi connectivity index (χ1n) is 43.7. The number of aromatic nitrogens is 4. The van der Waals surface area contributed by atoms with E-state index in [0.717, 1.165) is 192 Å². The zero-order valence-electron chi connectivity index (χ0n) is 75.5. The SMILES string of the molecule is COCOc1cc(F)c(C(O)c2c(C)cc(O)c(C)c2C)nc1C1CCCCC1.COCOc1cc(F)c(C(O)c2c(C)cc(OCc3ccccc3)c(C)c2C)nc1C1=CCCCC1.COCOc1cc(F)c(Cc2c(C)cc(OCC(=O)O)c(C)c2C)nc1C1CCCCC1.Cc1cc(OCC(=O)O)c(C)c(C)c1Cc1nc(C2CCCCC2)c(O)cc1F. The number of ether oxygens (including phenoxy) is 9. The van der Waals surface area contributed by atoms with Crippen molar-refractivity contribution in [2.45, 2.75) is 254 Å². The Balaban J connectivity index is 0.000000176. The van der Waals surface area contributed by atoms with Crippen LogP contribution in [0.5, 0.6) is 46.0 Å². The van der Waals surface area contributed by atoms with Gasteiger partial charge in [-0.1, -0.05) is 94.2 Å². The number of aryl methyl sites for hydroxylation is 4. The number of nitrogens with zero attached hydrogens (tertiary/aromatic N) is 4. The topological polar surface area (TPSA) is 290 Å². The molecule has 3 saturated carbocycles. The molecule has 2 unspecified atom stereocenters. The fourth-order valence-electron chi connectivity index (χ4n) is 17.5. The van der Waals surface area contributed by atoms with Gasteiger partial charge in [0.25, 0.3) is 0 Å². The van der Waals surface area contributed by atoms with E-state index in [-0.39, 0.29) is 61.0 Å². The van der Waals surface area contributed by atoms with E-state index >= 15 is 13.2 Å². The van der Waals surface area contributed by atoms with Crippen molar-refractivity contribution in [1.29, 1.82) is 0 Å². The summed E-state index contributed by atoms with van der Waals surface area (Å²) in [6.45, 7) is 22.3. The summed E-state index contributed by atoms with van der Waals surface area (Å²) in [5.74, 6) is -0.530. The van der Waals surface area contributed by atoms with Gasteiger partial charge in [-0.2, -0.15) is 0 Å². The summed E-state index contributed by atoms with van der Waals surface area (Å²) in [5, 5.41) is 60.6. The third-order valence-corrected chi connectivity index (χ3v) is 25.0. The molecule has 6 N–H and O–H groups in total. The van der Waals surface area contributed by atoms with Crippen molar-refractivity contribution < 1.29 is 100 Å². The normalized spacial score (nSPS) is 14.8. The number of pyridine rings is 4. The maximum absolute atomic E-state index is 15.3. The molecule has 21 nitrogen and oxygen atoms in total. The van der Waals surface area contributed by atoms with Crippen LogP contribution in [0.15, 0.2) is 84.9 Å². The summed E-state index contributed by atoms with van der Waals surface area (Å²) in [6.07, 6.45) is 20.4. The number of phenols is 1. The second-order valence-electron chi connectivity index (χ2n) is 33.6. The number of hydrogen-bond donors (Lipinski definition) is 6. The molecule has 126 heavy (non-hydrogen) atoms. The number of aliphatic hydroxyl groups is 2. The zero-order chi connectivity index (χ0) is 91.2. The Kier molecular flexibility index (Phi) is 35.7. The van der Waals surface area contributed by atoms with E-state index in [9.17, 15) is 34.4 Å². The van der Waals surface area contributed by atoms with Crippen molar-refractivity contribution >= 4 is 17.5 Å². The molecule has 678 valence electrons. The van der Waals surface area contributed by atoms with E-state index in [1.54, 1.807) is 26.0 Å². The molecule has 2 atom stereocenters. The van der Waals surface area contributed by atoms with Crippen molar-refractivity contribution in [1.82, 2.24) is 19.9 Å². The lowest BCUT2D eigenvalue weighted by Gasteiger charge is -2.25. The predicted octanol–water partition coefficient (Wildman–Crippen LogP) is 21.9. The van der Waals surface area contributed by atoms with Crippen LogP contribution < -0.4 is 28.4 Å². The summed E-state index contributed by atoms with van der Waals surface area (Å²) >= 11 is 0. The minimum atomic E-state index is -1.23. The molecular formula is C101H124F4N4O17. The molecule has 0 aliphatic heterocycles. The number of aliphatic carboxylic acids is 2. The van der Waals surface area contributed by atoms with Gasteiger partial charge < -0.3 is 73.3 Å². The Morgan fingerprint density at radius 3 is 1.29 bits per heavy atom. The molecule has 0 radical (unpaired) electrons. The summed E-state index contributed by atoms with van der Waals surface area (Å²) < 4.78 is 109. The van der Waals surface area contributed by atoms with Crippen molar-refractivity contribution in [3.63, 3.8) is 0 Å². The van der Waals surface area contributed by atoms with Gasteiger partial charge in [-0.25, -0.2) is 37.1 Å². The Labute approximate surface area is 737 Å². The average Bonchev–Trinajstić information content (AvgIpc) is 0.913. The molecule has 4 aliphatic rings. The van der Waals surface area contributed by atoms with Crippen molar-refractivity contribution in [2.24, 2.45) is 0 Å². The number of aromatic hydroxyl groups is 2. The maximum Gasteiger partial charge on any atom is 0.341 e. The van der Waals surface area contributed by atoms with Gasteiger partial charge >= 0.3 is 11.9 Å². The van der Waals surface area contributed by atoms with Crippen LogP contribution in [-0.2, 0) is 43.2 Å². The standard InChI is InChI=1S/C30H34FNO4.C25H32FNO5.C23H30FNO4.C23H28FNO4/c1-19-15-25(35-17-22-11-7-5-8-12-22)20(2)21(3)27(19)30(33)29-24(31)16-26(36-18-34-4)28(32-29)23-13-9-6-10-14-23;1-15-10-22(31-13-24(28)29)17(3)16(2)19(15)11-21-20(26)12-23(32-14-30-4)25(27-21)18-8-6-5-7-9-18;1-13-10-18(26)14(2)15(3)20(13)23(27)22-17(24)11-19(29-12-28-4)21(25-22)16-8-6-5-7-9-16;1-13-9-21(29-12-22(27)28)15(3)14(2)17(13)10-19-18(24)11-20(26)23(25-19)16-7-5-4-6-8-16/h5,7-8,11-13,15-16,30,33H,6,9-10,14,17-18H2,1-4H3;10,12,18H,5-9,11,13-14H2,1-4H3,(H,28,29);10-11,16,23,26-27H,5-9,12H2,1-4H3;9,11,16,26H,4-8,10,12H2,1-3H3,(H,27,28). The van der Waals surface area contributed by atoms with Crippen molar-refractivity contribution in [3.05, 3.63) is 248 Å². The number of carboxylic acid groups (broad SMARTS) is 2. The fraction of sp³-hybridized carbons (Fsp3) is 0.465. The number of phenolic OH excluding ortho intramolecular Hbond substituents is 1. The first-order chi connectivity index (χ1) is 60.3. The monoisotopic (exact) mass is 1740 g/mol. The van der Waals surface area contributed by atoms with Crippen LogP contribution in [0.1, 0.15) is 292 Å². The first kappa shape index (κ1) is 97.5. The third-order valence-electron chi connectivity index (χ3n) is 25.0. The van der Waals surface area contributed by atoms with Crippen LogP contribution in [-0.4, -0.2) is 117 Å². The highest BCUT2D eigenvalue weighted by atomic mass is 19.1. The van der Waals surface area contributed by atoms with Gasteiger partial charge in [0.15, 0.2) is 51.0 Å². The molecule has 4 aromatic heterocycles. The predicted molar refractivity (Wildman–Crippen MR) is 475 cm³/mol. The third kappa shape index (κ3) is 24.7. The molecule has 9 aromatic rings. The molecule has 5 aromatic carbocycles. The van der Waals surface area contributed by atoms with Gasteiger partial charge in [0, 0.05) is 76.2 Å². The van der Waals surface area contributed by atoms with Gasteiger partial charge in [0.1, 0.15) is 87.8 Å². The summed E-state index contributed by atoms with van der Waals surface area (Å²) in [5.41, 5.74) is 18.6. The number of rotatable bonds is 30. The highest BCUT2D eigenvalue weighted by Gasteiger charge is 2.33. The number of aliphatic hydroxyl groups excluding tert-OH is 2. The van der Waals surface area contributed by atoms with E-state index in [2.05, 4.69) is 21.0 Å². The summed E-state index contributed by atoms with van der Waals surface area (Å²) in [7, 11) is 4.57. The maximum atomic E-state index is 15.3. The first-order valence-corrected chi connectivity index (χ1v) is 43.7. The number of carbonyl (C=O) groups is 2. The van der Waals surface area contributed by atoms with Gasteiger partial charge in [-0.3, -0.25) is 9.97 Å². The Bertz CT molecular complexity index is 5300. The van der Waals surface area contributed by atoms with E-state index in [1.165, 1.54) is 64.9 Å². The molecule has 3 fully saturated rings. The van der Waals surface area contributed by atoms with Crippen LogP contribution in [0.2, 0.25) is 0 Å². The molecular weight excluding hydrogens is 1620 g/mol. The van der Waals surface area contributed by atoms with Crippen molar-refractivity contribution in [2.75, 3.05) is 54.9 Å². The highest BCUT2D eigenvalue weighted by Crippen LogP contribution is 2.45. The fourth-order valence-corrected chi connectivity index (χ4v) is 17.5. The molecule has 0 spiro atoms. The largest absolute Gasteiger partial charge is 0.508 e. The molecule has 4 aliphatic carbocycles. The second kappa shape index (κ2) is 46.2. The number of methoxy groups -OCH3 is 3. The quantitative estimate of drug-likeness (QED) is 0.0180. The van der Waals surface area contributed by atoms with E-state index in [4.69, 9.17) is 57.8 Å². The van der Waals surface area contributed by atoms with Crippen LogP contribution in [0.3, 0.4) is 0 Å². The van der Waals surface area contributed by atoms with Gasteiger partial charge in [-0.05, 0) is 272 Å². The number of allylic oxidation sites excluding steroid dienone is 2.